The zero-order valence-corrected chi connectivity index (χ0v) is 6.59. The molecule has 0 N–H and O–H groups in total. The molecule has 5 heavy (non-hydrogen) atoms. The van der Waals surface area contributed by atoms with Crippen molar-refractivity contribution in [2.45, 2.75) is 0 Å². The van der Waals surface area contributed by atoms with E-state index >= 15 is 0 Å². The van der Waals surface area contributed by atoms with Gasteiger partial charge in [0.05, 0.1) is 0 Å². The van der Waals surface area contributed by atoms with Crippen LogP contribution in [-0.4, -0.2) is 17.6 Å². The van der Waals surface area contributed by atoms with E-state index in [0.717, 1.165) is 10.1 Å². The van der Waals surface area contributed by atoms with Gasteiger partial charge >= 0.3 is 0 Å². The minimum absolute atomic E-state index is 0. The fourth-order valence-electron chi connectivity index (χ4n) is 0. The van der Waals surface area contributed by atoms with E-state index in [-0.39, 0.29) is 21.7 Å². The predicted octanol–water partition coefficient (Wildman–Crippen LogP) is -1.47. The van der Waals surface area contributed by atoms with E-state index in [1.807, 2.05) is 0 Å². The number of hydrogen-bond acceptors (Lipinski definition) is 1. The molecule has 0 spiro atoms. The third-order valence-electron chi connectivity index (χ3n) is 0. The first-order valence-corrected chi connectivity index (χ1v) is 1.96. The van der Waals surface area contributed by atoms with E-state index in [2.05, 4.69) is 7.44 Å². The van der Waals surface area contributed by atoms with Gasteiger partial charge in [0.1, 0.15) is 0 Å². The zero-order valence-electron chi connectivity index (χ0n) is 3.02. The number of nitrogens with zero attached hydrogens (tertiary/aromatic N) is 1. The van der Waals surface area contributed by atoms with E-state index in [0.29, 0.717) is 0 Å². The minimum atomic E-state index is 0. The monoisotopic (exact) mass is 116 g/mol. The normalized spacial score (nSPS) is 2.00. The molecule has 0 aliphatic rings. The molecule has 0 saturated heterocycles. The predicted molar refractivity (Wildman–Crippen MR) is 20.7 cm³/mol. The maximum atomic E-state index is 6.25. The summed E-state index contributed by atoms with van der Waals surface area (Å²) in [5.41, 5.74) is 0. The molecule has 0 aromatic carbocycles. The summed E-state index contributed by atoms with van der Waals surface area (Å²) in [7, 11) is 5.44. The maximum absolute atomic E-state index is 6.25. The summed E-state index contributed by atoms with van der Waals surface area (Å²) in [5.74, 6) is 0. The van der Waals surface area contributed by atoms with Gasteiger partial charge < -0.3 is 11.8 Å². The Labute approximate surface area is 51.4 Å². The molecule has 0 saturated carbocycles. The summed E-state index contributed by atoms with van der Waals surface area (Å²) in [4.78, 5) is 0. The van der Waals surface area contributed by atoms with E-state index in [4.69, 9.17) is 11.8 Å². The molecule has 0 amide bonds. The Bertz CT molecular complexity index is 16.4. The topological polar surface area (TPSA) is 23.8 Å². The van der Waals surface area contributed by atoms with Gasteiger partial charge in [0.25, 0.3) is 0 Å². The molecule has 0 heterocycles. The second-order valence-corrected chi connectivity index (χ2v) is 0. The van der Waals surface area contributed by atoms with Crippen LogP contribution in [0.4, 0.5) is 0 Å². The van der Waals surface area contributed by atoms with Gasteiger partial charge in [0.15, 0.2) is 0 Å². The standard InChI is InChI=1S/CN.BH3Si.Ti/c2*1-2;/h;2H3;/q-1;;. The van der Waals surface area contributed by atoms with E-state index in [1.165, 1.54) is 0 Å². The van der Waals surface area contributed by atoms with Gasteiger partial charge in [-0.15, -0.1) is 0 Å². The van der Waals surface area contributed by atoms with Gasteiger partial charge in [-0.2, -0.15) is 0 Å². The van der Waals surface area contributed by atoms with Crippen molar-refractivity contribution in [3.8, 4) is 0 Å². The zero-order chi connectivity index (χ0) is 4.00. The molecule has 4 heteroatoms. The van der Waals surface area contributed by atoms with Gasteiger partial charge in [-0.3, -0.25) is 0 Å². The number of rotatable bonds is 0. The van der Waals surface area contributed by atoms with Crippen LogP contribution in [0.2, 0.25) is 0 Å². The molecule has 0 fully saturated rings. The average Bonchev–Trinajstić information content (AvgIpc) is 1.50. The third-order valence-corrected chi connectivity index (χ3v) is 0. The molecule has 0 rings (SSSR count). The Morgan fingerprint density at radius 1 is 1.40 bits per heavy atom. The molecular weight excluding hydrogens is 113 g/mol. The molecule has 0 aliphatic carbocycles. The number of hydrogen-bond donors (Lipinski definition) is 0. The van der Waals surface area contributed by atoms with Crippen LogP contribution in [0.5, 0.6) is 0 Å². The summed E-state index contributed by atoms with van der Waals surface area (Å²) in [6, 6.07) is 0. The van der Waals surface area contributed by atoms with Crippen molar-refractivity contribution in [1.82, 2.24) is 0 Å². The SMILES string of the molecule is [B][SiH3].[C-]#N.[Ti]. The Balaban J connectivity index is -0.0000000133. The van der Waals surface area contributed by atoms with E-state index in [9.17, 15) is 0 Å². The van der Waals surface area contributed by atoms with Crippen LogP contribution < -0.4 is 0 Å². The van der Waals surface area contributed by atoms with Crippen LogP contribution in [0.25, 0.3) is 0 Å². The van der Waals surface area contributed by atoms with Crippen molar-refractivity contribution in [2.24, 2.45) is 0 Å². The molecular formula is CH3BNSiTi-. The first kappa shape index (κ1) is 17.9. The smallest absolute Gasteiger partial charge is 0.0434 e. The van der Waals surface area contributed by atoms with Gasteiger partial charge in [-0.05, 0) is 10.1 Å². The molecule has 0 aliphatic heterocycles. The first-order valence-electron chi connectivity index (χ1n) is 0.801. The Morgan fingerprint density at radius 3 is 1.40 bits per heavy atom. The van der Waals surface area contributed by atoms with Crippen molar-refractivity contribution in [3.63, 3.8) is 0 Å². The van der Waals surface area contributed by atoms with Crippen LogP contribution in [0.15, 0.2) is 0 Å². The van der Waals surface area contributed by atoms with Crippen LogP contribution in [-0.2, 0) is 21.7 Å². The molecule has 0 aromatic rings. The van der Waals surface area contributed by atoms with Crippen LogP contribution in [0.3, 0.4) is 0 Å². The quantitative estimate of drug-likeness (QED) is 0.280. The fraction of sp³-hybridized carbons (Fsp3) is 0. The first-order chi connectivity index (χ1) is 2.00. The molecule has 24 valence electrons. The van der Waals surface area contributed by atoms with Crippen molar-refractivity contribution in [2.75, 3.05) is 0 Å². The van der Waals surface area contributed by atoms with Gasteiger partial charge in [0, 0.05) is 29.2 Å². The second kappa shape index (κ2) is 231. The van der Waals surface area contributed by atoms with Gasteiger partial charge in [0.2, 0.25) is 0 Å². The molecule has 1 nitrogen and oxygen atoms in total. The third kappa shape index (κ3) is 117. The molecule has 0 atom stereocenters. The van der Waals surface area contributed by atoms with Crippen molar-refractivity contribution in [1.29, 1.82) is 5.26 Å². The summed E-state index contributed by atoms with van der Waals surface area (Å²) in [5, 5.41) is 6.25. The van der Waals surface area contributed by atoms with E-state index < -0.39 is 0 Å². The summed E-state index contributed by atoms with van der Waals surface area (Å²) < 4.78 is 0. The van der Waals surface area contributed by atoms with Crippen LogP contribution in [0, 0.1) is 11.8 Å². The molecule has 0 unspecified atom stereocenters. The van der Waals surface area contributed by atoms with Crippen LogP contribution >= 0.6 is 0 Å². The summed E-state index contributed by atoms with van der Waals surface area (Å²) >= 11 is 0. The maximum Gasteiger partial charge on any atom is 0.0434 e. The molecule has 2 radical (unpaired) electrons. The van der Waals surface area contributed by atoms with Crippen molar-refractivity contribution >= 4 is 17.6 Å². The van der Waals surface area contributed by atoms with Gasteiger partial charge in [-0.25, -0.2) is 0 Å². The van der Waals surface area contributed by atoms with Crippen LogP contribution in [0.1, 0.15) is 0 Å². The summed E-state index contributed by atoms with van der Waals surface area (Å²) in [6.07, 6.45) is 0. The van der Waals surface area contributed by atoms with Crippen molar-refractivity contribution < 1.29 is 21.7 Å². The summed E-state index contributed by atoms with van der Waals surface area (Å²) in [6.45, 7) is 4.75. The minimum Gasteiger partial charge on any atom is -0.512 e. The van der Waals surface area contributed by atoms with Crippen molar-refractivity contribution in [3.05, 3.63) is 6.57 Å². The molecule has 0 aromatic heterocycles. The largest absolute Gasteiger partial charge is 0.512 e. The van der Waals surface area contributed by atoms with E-state index in [1.54, 1.807) is 0 Å². The Kier molecular flexibility index (Phi) is 824. The second-order valence-electron chi connectivity index (χ2n) is 0. The fourth-order valence-corrected chi connectivity index (χ4v) is 0. The van der Waals surface area contributed by atoms with Gasteiger partial charge in [-0.1, -0.05) is 0 Å². The Morgan fingerprint density at radius 2 is 1.40 bits per heavy atom. The average molecular weight is 116 g/mol. The molecule has 0 bridgehead atoms. The Hall–Kier alpha value is 0.486.